The second kappa shape index (κ2) is 8.80. The third-order valence-electron chi connectivity index (χ3n) is 4.34. The Morgan fingerprint density at radius 1 is 0.821 bits per heavy atom. The van der Waals surface area contributed by atoms with E-state index in [1.165, 1.54) is 12.7 Å². The van der Waals surface area contributed by atoms with Crippen molar-refractivity contribution >= 4 is 17.0 Å². The van der Waals surface area contributed by atoms with Crippen LogP contribution < -0.4 is 14.2 Å². The molecule has 0 N–H and O–H groups in total. The van der Waals surface area contributed by atoms with E-state index in [0.717, 1.165) is 21.6 Å². The number of hydrogen-bond acceptors (Lipinski definition) is 6. The van der Waals surface area contributed by atoms with E-state index >= 15 is 0 Å². The van der Waals surface area contributed by atoms with Crippen molar-refractivity contribution in [3.63, 3.8) is 0 Å². The third kappa shape index (κ3) is 3.97. The highest BCUT2D eigenvalue weighted by Gasteiger charge is 2.19. The standard InChI is InChI=1S/C22H23NO4S/c1-14-6-8-15(9-7-14)17-12-20(28-13-17)21(23-27-5)16-10-18(24-2)22(26-4)19(11-16)25-3/h6-13H,1-5H3. The summed E-state index contributed by atoms with van der Waals surface area (Å²) in [6.45, 7) is 2.08. The molecule has 1 heterocycles. The minimum atomic E-state index is 0.539. The van der Waals surface area contributed by atoms with Gasteiger partial charge in [0.1, 0.15) is 12.8 Å². The fourth-order valence-corrected chi connectivity index (χ4v) is 3.83. The van der Waals surface area contributed by atoms with E-state index in [2.05, 4.69) is 47.8 Å². The molecule has 0 bridgehead atoms. The summed E-state index contributed by atoms with van der Waals surface area (Å²) in [7, 11) is 6.30. The van der Waals surface area contributed by atoms with Crippen LogP contribution in [0.1, 0.15) is 16.0 Å². The Kier molecular flexibility index (Phi) is 6.21. The number of hydrogen-bond donors (Lipinski definition) is 0. The molecule has 0 fully saturated rings. The second-order valence-corrected chi connectivity index (χ2v) is 7.01. The summed E-state index contributed by atoms with van der Waals surface area (Å²) in [5.41, 5.74) is 5.04. The molecule has 0 aliphatic rings. The van der Waals surface area contributed by atoms with Gasteiger partial charge in [0.25, 0.3) is 0 Å². The highest BCUT2D eigenvalue weighted by atomic mass is 32.1. The van der Waals surface area contributed by atoms with Crippen molar-refractivity contribution in [1.29, 1.82) is 0 Å². The zero-order valence-corrected chi connectivity index (χ0v) is 17.4. The van der Waals surface area contributed by atoms with Gasteiger partial charge in [-0.15, -0.1) is 11.3 Å². The lowest BCUT2D eigenvalue weighted by Gasteiger charge is -2.14. The maximum atomic E-state index is 5.47. The molecule has 5 nitrogen and oxygen atoms in total. The summed E-state index contributed by atoms with van der Waals surface area (Å²) in [6, 6.07) is 14.3. The average Bonchev–Trinajstić information content (AvgIpc) is 3.21. The highest BCUT2D eigenvalue weighted by Crippen LogP contribution is 2.39. The molecule has 0 radical (unpaired) electrons. The predicted molar refractivity (Wildman–Crippen MR) is 113 cm³/mol. The summed E-state index contributed by atoms with van der Waals surface area (Å²) in [4.78, 5) is 6.11. The van der Waals surface area contributed by atoms with E-state index in [9.17, 15) is 0 Å². The quantitative estimate of drug-likeness (QED) is 0.409. The molecule has 0 atom stereocenters. The monoisotopic (exact) mass is 397 g/mol. The van der Waals surface area contributed by atoms with Gasteiger partial charge in [0.2, 0.25) is 5.75 Å². The topological polar surface area (TPSA) is 49.3 Å². The Balaban J connectivity index is 2.06. The summed E-state index contributed by atoms with van der Waals surface area (Å²) < 4.78 is 16.4. The van der Waals surface area contributed by atoms with Crippen LogP contribution in [0.3, 0.4) is 0 Å². The number of rotatable bonds is 7. The van der Waals surface area contributed by atoms with Crippen molar-refractivity contribution < 1.29 is 19.0 Å². The first-order chi connectivity index (χ1) is 13.6. The fraction of sp³-hybridized carbons (Fsp3) is 0.227. The van der Waals surface area contributed by atoms with Gasteiger partial charge < -0.3 is 19.0 Å². The fourth-order valence-electron chi connectivity index (χ4n) is 2.91. The molecule has 1 aromatic heterocycles. The van der Waals surface area contributed by atoms with Gasteiger partial charge >= 0.3 is 0 Å². The molecular weight excluding hydrogens is 374 g/mol. The van der Waals surface area contributed by atoms with Crippen molar-refractivity contribution in [3.8, 4) is 28.4 Å². The van der Waals surface area contributed by atoms with Crippen LogP contribution >= 0.6 is 11.3 Å². The molecular formula is C22H23NO4S. The predicted octanol–water partition coefficient (Wildman–Crippen LogP) is 5.15. The van der Waals surface area contributed by atoms with Crippen LogP contribution in [-0.2, 0) is 4.84 Å². The minimum Gasteiger partial charge on any atom is -0.493 e. The van der Waals surface area contributed by atoms with Gasteiger partial charge in [0.05, 0.1) is 26.2 Å². The zero-order valence-electron chi connectivity index (χ0n) is 16.6. The van der Waals surface area contributed by atoms with Crippen LogP contribution in [0.15, 0.2) is 53.0 Å². The van der Waals surface area contributed by atoms with Crippen LogP contribution in [0.25, 0.3) is 11.1 Å². The number of benzene rings is 2. The summed E-state index contributed by atoms with van der Waals surface area (Å²) in [5.74, 6) is 1.67. The van der Waals surface area contributed by atoms with E-state index in [1.54, 1.807) is 32.7 Å². The third-order valence-corrected chi connectivity index (χ3v) is 5.28. The van der Waals surface area contributed by atoms with Gasteiger partial charge in [-0.2, -0.15) is 0 Å². The lowest BCUT2D eigenvalue weighted by Crippen LogP contribution is -2.04. The van der Waals surface area contributed by atoms with Crippen LogP contribution in [0, 0.1) is 6.92 Å². The first-order valence-electron chi connectivity index (χ1n) is 8.68. The molecule has 0 amide bonds. The lowest BCUT2D eigenvalue weighted by molar-refractivity contribution is 0.214. The van der Waals surface area contributed by atoms with Crippen molar-refractivity contribution in [1.82, 2.24) is 0 Å². The Morgan fingerprint density at radius 2 is 1.46 bits per heavy atom. The number of ether oxygens (including phenoxy) is 3. The highest BCUT2D eigenvalue weighted by molar-refractivity contribution is 7.12. The summed E-state index contributed by atoms with van der Waals surface area (Å²) in [6.07, 6.45) is 0. The van der Waals surface area contributed by atoms with Crippen molar-refractivity contribution in [2.75, 3.05) is 28.4 Å². The summed E-state index contributed by atoms with van der Waals surface area (Å²) >= 11 is 1.60. The Labute approximate surface area is 169 Å². The van der Waals surface area contributed by atoms with Crippen LogP contribution in [0.5, 0.6) is 17.2 Å². The molecule has 2 aromatic carbocycles. The number of thiophene rings is 1. The van der Waals surface area contributed by atoms with Crippen LogP contribution in [0.4, 0.5) is 0 Å². The molecule has 0 saturated carbocycles. The molecule has 3 rings (SSSR count). The second-order valence-electron chi connectivity index (χ2n) is 6.10. The average molecular weight is 397 g/mol. The molecule has 0 aliphatic heterocycles. The zero-order chi connectivity index (χ0) is 20.1. The van der Waals surface area contributed by atoms with E-state index in [4.69, 9.17) is 19.0 Å². The molecule has 28 heavy (non-hydrogen) atoms. The Morgan fingerprint density at radius 3 is 2.00 bits per heavy atom. The minimum absolute atomic E-state index is 0.539. The molecule has 6 heteroatoms. The van der Waals surface area contributed by atoms with Gasteiger partial charge in [-0.05, 0) is 41.6 Å². The molecule has 0 saturated heterocycles. The van der Waals surface area contributed by atoms with Gasteiger partial charge in [-0.3, -0.25) is 0 Å². The number of methoxy groups -OCH3 is 3. The maximum absolute atomic E-state index is 5.47. The Bertz CT molecular complexity index is 951. The number of oxime groups is 1. The SMILES string of the molecule is CON=C(c1cc(OC)c(OC)c(OC)c1)c1cc(-c2ccc(C)cc2)cs1. The van der Waals surface area contributed by atoms with Crippen molar-refractivity contribution in [2.24, 2.45) is 5.16 Å². The van der Waals surface area contributed by atoms with Crippen molar-refractivity contribution in [2.45, 2.75) is 6.92 Å². The Hall–Kier alpha value is -2.99. The van der Waals surface area contributed by atoms with E-state index < -0.39 is 0 Å². The smallest absolute Gasteiger partial charge is 0.203 e. The van der Waals surface area contributed by atoms with Gasteiger partial charge in [0, 0.05) is 5.56 Å². The first kappa shape index (κ1) is 19.8. The molecule has 0 aliphatic carbocycles. The largest absolute Gasteiger partial charge is 0.493 e. The lowest BCUT2D eigenvalue weighted by atomic mass is 10.0. The van der Waals surface area contributed by atoms with Gasteiger partial charge in [0.15, 0.2) is 11.5 Å². The molecule has 0 spiro atoms. The van der Waals surface area contributed by atoms with E-state index in [0.29, 0.717) is 23.0 Å². The molecule has 3 aromatic rings. The van der Waals surface area contributed by atoms with E-state index in [-0.39, 0.29) is 0 Å². The van der Waals surface area contributed by atoms with Gasteiger partial charge in [-0.25, -0.2) is 0 Å². The van der Waals surface area contributed by atoms with Crippen LogP contribution in [-0.4, -0.2) is 34.2 Å². The first-order valence-corrected chi connectivity index (χ1v) is 9.56. The van der Waals surface area contributed by atoms with Gasteiger partial charge in [-0.1, -0.05) is 35.0 Å². The molecule has 0 unspecified atom stereocenters. The van der Waals surface area contributed by atoms with Crippen molar-refractivity contribution in [3.05, 3.63) is 63.8 Å². The normalized spacial score (nSPS) is 11.2. The van der Waals surface area contributed by atoms with Crippen LogP contribution in [0.2, 0.25) is 0 Å². The maximum Gasteiger partial charge on any atom is 0.203 e. The molecule has 146 valence electrons. The summed E-state index contributed by atoms with van der Waals surface area (Å²) in [5, 5.41) is 6.38. The number of aryl methyl sites for hydroxylation is 1. The number of nitrogens with zero attached hydrogens (tertiary/aromatic N) is 1. The van der Waals surface area contributed by atoms with E-state index in [1.807, 2.05) is 12.1 Å².